The van der Waals surface area contributed by atoms with E-state index in [-0.39, 0.29) is 57.1 Å². The van der Waals surface area contributed by atoms with Gasteiger partial charge in [-0.1, -0.05) is 54.1 Å². The first kappa shape index (κ1) is 13.2. The molecule has 0 radical (unpaired) electrons. The molecule has 2 aromatic carbocycles. The molecule has 0 unspecified atom stereocenters. The summed E-state index contributed by atoms with van der Waals surface area (Å²) in [5.41, 5.74) is 1.73. The molecule has 3 heteroatoms. The van der Waals surface area contributed by atoms with Gasteiger partial charge < -0.3 is 5.11 Å². The molecule has 0 aliphatic heterocycles. The molecular weight excluding hydrogens is 235 g/mol. The van der Waals surface area contributed by atoms with Crippen molar-refractivity contribution in [3.05, 3.63) is 53.6 Å². The third-order valence-corrected chi connectivity index (χ3v) is 2.38. The van der Waals surface area contributed by atoms with E-state index in [1.54, 1.807) is 6.07 Å². The number of hydrogen-bond acceptors (Lipinski definition) is 1. The van der Waals surface area contributed by atoms with E-state index in [0.29, 0.717) is 5.02 Å². The van der Waals surface area contributed by atoms with Gasteiger partial charge in [-0.15, -0.1) is 0 Å². The molecular formula is C12H9ClKO+. The molecule has 0 saturated heterocycles. The third-order valence-electron chi connectivity index (χ3n) is 2.07. The van der Waals surface area contributed by atoms with Crippen LogP contribution in [0.15, 0.2) is 48.5 Å². The zero-order valence-electron chi connectivity index (χ0n) is 8.44. The number of hydrogen-bond donors (Lipinski definition) is 1. The van der Waals surface area contributed by atoms with E-state index in [4.69, 9.17) is 11.6 Å². The fourth-order valence-electron chi connectivity index (χ4n) is 1.37. The predicted octanol–water partition coefficient (Wildman–Crippen LogP) is 0.717. The largest absolute Gasteiger partial charge is 1.00 e. The summed E-state index contributed by atoms with van der Waals surface area (Å²) in [7, 11) is 0. The summed E-state index contributed by atoms with van der Waals surface area (Å²) in [6.07, 6.45) is 0. The Labute approximate surface area is 137 Å². The minimum Gasteiger partial charge on any atom is -0.506 e. The quantitative estimate of drug-likeness (QED) is 0.732. The van der Waals surface area contributed by atoms with E-state index in [9.17, 15) is 5.11 Å². The Balaban J connectivity index is 0.00000112. The Hall–Kier alpha value is 0.166. The summed E-state index contributed by atoms with van der Waals surface area (Å²) >= 11 is 5.81. The fraction of sp³-hybridized carbons (Fsp3) is 0. The monoisotopic (exact) mass is 243 g/mol. The van der Waals surface area contributed by atoms with Crippen LogP contribution in [0, 0.1) is 0 Å². The zero-order chi connectivity index (χ0) is 9.97. The number of rotatable bonds is 1. The number of para-hydroxylation sites is 1. The molecule has 0 bridgehead atoms. The van der Waals surface area contributed by atoms with Gasteiger partial charge in [-0.25, -0.2) is 0 Å². The molecule has 70 valence electrons. The van der Waals surface area contributed by atoms with Gasteiger partial charge in [-0.3, -0.25) is 0 Å². The van der Waals surface area contributed by atoms with Gasteiger partial charge in [0.1, 0.15) is 5.75 Å². The average molecular weight is 244 g/mol. The van der Waals surface area contributed by atoms with Gasteiger partial charge >= 0.3 is 51.4 Å². The first-order valence-corrected chi connectivity index (χ1v) is 4.70. The molecule has 0 aliphatic carbocycles. The fourth-order valence-corrected chi connectivity index (χ4v) is 1.54. The van der Waals surface area contributed by atoms with Gasteiger partial charge in [-0.05, 0) is 11.6 Å². The summed E-state index contributed by atoms with van der Waals surface area (Å²) in [4.78, 5) is 0. The van der Waals surface area contributed by atoms with Gasteiger partial charge in [0.25, 0.3) is 0 Å². The first-order chi connectivity index (χ1) is 6.79. The van der Waals surface area contributed by atoms with E-state index >= 15 is 0 Å². The Bertz CT molecular complexity index is 443. The smallest absolute Gasteiger partial charge is 0.506 e. The topological polar surface area (TPSA) is 20.2 Å². The molecule has 1 nitrogen and oxygen atoms in total. The predicted molar refractivity (Wildman–Crippen MR) is 58.6 cm³/mol. The number of benzene rings is 2. The maximum Gasteiger partial charge on any atom is 1.00 e. The van der Waals surface area contributed by atoms with E-state index < -0.39 is 0 Å². The van der Waals surface area contributed by atoms with Crippen LogP contribution < -0.4 is 51.4 Å². The summed E-state index contributed by atoms with van der Waals surface area (Å²) in [6, 6.07) is 15.0. The van der Waals surface area contributed by atoms with Crippen LogP contribution in [0.1, 0.15) is 0 Å². The number of phenols is 1. The van der Waals surface area contributed by atoms with E-state index in [2.05, 4.69) is 0 Å². The molecule has 2 aromatic rings. The van der Waals surface area contributed by atoms with Crippen LogP contribution in [0.3, 0.4) is 0 Å². The molecule has 0 aliphatic rings. The van der Waals surface area contributed by atoms with Crippen LogP contribution in [0.2, 0.25) is 5.02 Å². The second-order valence-electron chi connectivity index (χ2n) is 3.00. The van der Waals surface area contributed by atoms with Gasteiger partial charge in [0.05, 0.1) is 5.02 Å². The van der Waals surface area contributed by atoms with Crippen LogP contribution >= 0.6 is 11.6 Å². The van der Waals surface area contributed by atoms with Crippen LogP contribution in [-0.4, -0.2) is 5.11 Å². The maximum atomic E-state index is 9.72. The second kappa shape index (κ2) is 6.04. The summed E-state index contributed by atoms with van der Waals surface area (Å²) in [5.74, 6) is 0.139. The maximum absolute atomic E-state index is 9.72. The average Bonchev–Trinajstić information content (AvgIpc) is 2.23. The summed E-state index contributed by atoms with van der Waals surface area (Å²) in [5, 5.41) is 10.1. The molecule has 2 rings (SSSR count). The van der Waals surface area contributed by atoms with Crippen molar-refractivity contribution >= 4 is 11.6 Å². The minimum absolute atomic E-state index is 0. The van der Waals surface area contributed by atoms with Gasteiger partial charge in [0.2, 0.25) is 0 Å². The first-order valence-electron chi connectivity index (χ1n) is 4.32. The van der Waals surface area contributed by atoms with Crippen LogP contribution in [0.25, 0.3) is 11.1 Å². The molecule has 0 spiro atoms. The molecule has 0 aromatic heterocycles. The van der Waals surface area contributed by atoms with Crippen molar-refractivity contribution in [2.75, 3.05) is 0 Å². The van der Waals surface area contributed by atoms with Gasteiger partial charge in [-0.2, -0.15) is 0 Å². The van der Waals surface area contributed by atoms with Gasteiger partial charge in [0.15, 0.2) is 0 Å². The zero-order valence-corrected chi connectivity index (χ0v) is 12.3. The Morgan fingerprint density at radius 3 is 2.20 bits per heavy atom. The molecule has 0 fully saturated rings. The molecule has 0 saturated carbocycles. The number of phenolic OH excluding ortho intramolecular Hbond substituents is 1. The molecule has 0 amide bonds. The van der Waals surface area contributed by atoms with Crippen LogP contribution in [-0.2, 0) is 0 Å². The molecule has 0 heterocycles. The van der Waals surface area contributed by atoms with Crippen molar-refractivity contribution < 1.29 is 56.5 Å². The van der Waals surface area contributed by atoms with Crippen molar-refractivity contribution in [3.8, 4) is 16.9 Å². The molecule has 0 atom stereocenters. The SMILES string of the molecule is Oc1c(Cl)cccc1-c1ccccc1.[K+]. The molecule has 15 heavy (non-hydrogen) atoms. The third kappa shape index (κ3) is 3.06. The number of halogens is 1. The van der Waals surface area contributed by atoms with Gasteiger partial charge in [0, 0.05) is 5.56 Å². The van der Waals surface area contributed by atoms with E-state index in [0.717, 1.165) is 11.1 Å². The Morgan fingerprint density at radius 1 is 0.867 bits per heavy atom. The second-order valence-corrected chi connectivity index (χ2v) is 3.41. The Morgan fingerprint density at radius 2 is 1.53 bits per heavy atom. The standard InChI is InChI=1S/C12H9ClO.K/c13-11-8-4-7-10(12(11)14)9-5-2-1-3-6-9;/h1-8,14H;/q;+1. The van der Waals surface area contributed by atoms with Crippen molar-refractivity contribution in [1.82, 2.24) is 0 Å². The van der Waals surface area contributed by atoms with E-state index in [1.165, 1.54) is 0 Å². The van der Waals surface area contributed by atoms with Crippen LogP contribution in [0.4, 0.5) is 0 Å². The van der Waals surface area contributed by atoms with Crippen molar-refractivity contribution in [1.29, 1.82) is 0 Å². The Kier molecular flexibility index (Phi) is 5.33. The minimum atomic E-state index is 0. The summed E-state index contributed by atoms with van der Waals surface area (Å²) in [6.45, 7) is 0. The van der Waals surface area contributed by atoms with Crippen molar-refractivity contribution in [2.45, 2.75) is 0 Å². The van der Waals surface area contributed by atoms with E-state index in [1.807, 2.05) is 42.5 Å². The molecule has 1 N–H and O–H groups in total. The van der Waals surface area contributed by atoms with Crippen molar-refractivity contribution in [2.24, 2.45) is 0 Å². The summed E-state index contributed by atoms with van der Waals surface area (Å²) < 4.78 is 0. The van der Waals surface area contributed by atoms with Crippen LogP contribution in [0.5, 0.6) is 5.75 Å². The normalized spacial score (nSPS) is 9.40. The van der Waals surface area contributed by atoms with Crippen molar-refractivity contribution in [3.63, 3.8) is 0 Å². The number of aromatic hydroxyl groups is 1.